The quantitative estimate of drug-likeness (QED) is 0.782. The van der Waals surface area contributed by atoms with E-state index in [2.05, 4.69) is 15.6 Å². The average molecular weight is 379 g/mol. The van der Waals surface area contributed by atoms with Crippen molar-refractivity contribution in [2.45, 2.75) is 36.9 Å². The van der Waals surface area contributed by atoms with Gasteiger partial charge in [0, 0.05) is 29.1 Å². The molecule has 1 aliphatic carbocycles. The van der Waals surface area contributed by atoms with Crippen LogP contribution in [-0.2, 0) is 4.79 Å². The number of aromatic nitrogens is 2. The maximum Gasteiger partial charge on any atom is 0.321 e. The fourth-order valence-electron chi connectivity index (χ4n) is 2.80. The second-order valence-electron chi connectivity index (χ2n) is 5.85. The maximum absolute atomic E-state index is 12.0. The zero-order valence-corrected chi connectivity index (χ0v) is 15.1. The number of carbonyl (C=O) groups excluding carboxylic acids is 2. The number of amides is 3. The summed E-state index contributed by atoms with van der Waals surface area (Å²) in [5, 5.41) is 6.49. The Morgan fingerprint density at radius 2 is 2.12 bits per heavy atom. The Hall–Kier alpha value is -1.99. The van der Waals surface area contributed by atoms with Crippen LogP contribution in [0.25, 0.3) is 5.69 Å². The van der Waals surface area contributed by atoms with Gasteiger partial charge in [0.1, 0.15) is 0 Å². The highest BCUT2D eigenvalue weighted by atomic mass is 35.5. The van der Waals surface area contributed by atoms with Gasteiger partial charge < -0.3 is 5.32 Å². The van der Waals surface area contributed by atoms with Crippen molar-refractivity contribution in [2.75, 3.05) is 5.75 Å². The number of urea groups is 1. The Bertz CT molecular complexity index is 759. The van der Waals surface area contributed by atoms with Gasteiger partial charge in [-0.1, -0.05) is 42.3 Å². The van der Waals surface area contributed by atoms with E-state index >= 15 is 0 Å². The molecular weight excluding hydrogens is 360 g/mol. The van der Waals surface area contributed by atoms with E-state index in [1.165, 1.54) is 11.8 Å². The number of rotatable bonds is 5. The zero-order valence-electron chi connectivity index (χ0n) is 13.6. The molecule has 1 aromatic carbocycles. The van der Waals surface area contributed by atoms with E-state index < -0.39 is 6.03 Å². The van der Waals surface area contributed by atoms with E-state index in [0.29, 0.717) is 10.2 Å². The van der Waals surface area contributed by atoms with Crippen LogP contribution >= 0.6 is 23.4 Å². The normalized spacial score (nSPS) is 14.4. The molecule has 8 heteroatoms. The number of hydrogen-bond acceptors (Lipinski definition) is 4. The lowest BCUT2D eigenvalue weighted by Crippen LogP contribution is -2.44. The van der Waals surface area contributed by atoms with Crippen molar-refractivity contribution in [3.05, 3.63) is 41.7 Å². The molecule has 1 saturated carbocycles. The topological polar surface area (TPSA) is 76.0 Å². The monoisotopic (exact) mass is 378 g/mol. The second kappa shape index (κ2) is 8.40. The summed E-state index contributed by atoms with van der Waals surface area (Å²) in [7, 11) is 0. The first-order valence-corrected chi connectivity index (χ1v) is 9.50. The summed E-state index contributed by atoms with van der Waals surface area (Å²) in [5.41, 5.74) is 0.867. The van der Waals surface area contributed by atoms with Crippen LogP contribution in [0.4, 0.5) is 4.79 Å². The molecular formula is C17H19ClN4O2S. The predicted molar refractivity (Wildman–Crippen MR) is 98.2 cm³/mol. The minimum Gasteiger partial charge on any atom is -0.335 e. The van der Waals surface area contributed by atoms with Crippen LogP contribution in [0.15, 0.2) is 41.8 Å². The smallest absolute Gasteiger partial charge is 0.321 e. The number of thioether (sulfide) groups is 1. The highest BCUT2D eigenvalue weighted by Gasteiger charge is 2.18. The number of benzene rings is 1. The Labute approximate surface area is 155 Å². The Morgan fingerprint density at radius 3 is 2.88 bits per heavy atom. The molecule has 1 fully saturated rings. The van der Waals surface area contributed by atoms with Crippen LogP contribution in [0.5, 0.6) is 0 Å². The molecule has 6 nitrogen and oxygen atoms in total. The van der Waals surface area contributed by atoms with Gasteiger partial charge in [-0.05, 0) is 31.0 Å². The summed E-state index contributed by atoms with van der Waals surface area (Å²) in [6.45, 7) is 0. The highest BCUT2D eigenvalue weighted by molar-refractivity contribution is 7.99. The van der Waals surface area contributed by atoms with E-state index in [4.69, 9.17) is 11.6 Å². The van der Waals surface area contributed by atoms with E-state index in [9.17, 15) is 9.59 Å². The first-order chi connectivity index (χ1) is 12.1. The Kier molecular flexibility index (Phi) is 5.99. The zero-order chi connectivity index (χ0) is 17.6. The molecule has 0 aliphatic heterocycles. The molecule has 3 rings (SSSR count). The van der Waals surface area contributed by atoms with Gasteiger partial charge in [0.25, 0.3) is 0 Å². The molecule has 3 amide bonds. The van der Waals surface area contributed by atoms with E-state index in [0.717, 1.165) is 31.4 Å². The lowest BCUT2D eigenvalue weighted by Gasteiger charge is -2.12. The SMILES string of the molecule is O=C(CSc1nccn1-c1cccc(Cl)c1)NC(=O)NC1CCCC1. The first-order valence-electron chi connectivity index (χ1n) is 8.14. The molecule has 25 heavy (non-hydrogen) atoms. The first kappa shape index (κ1) is 17.8. The molecule has 0 unspecified atom stereocenters. The Morgan fingerprint density at radius 1 is 1.32 bits per heavy atom. The van der Waals surface area contributed by atoms with Crippen molar-refractivity contribution in [1.29, 1.82) is 0 Å². The van der Waals surface area contributed by atoms with Gasteiger partial charge in [-0.3, -0.25) is 14.7 Å². The summed E-state index contributed by atoms with van der Waals surface area (Å²) in [4.78, 5) is 28.0. The fourth-order valence-corrected chi connectivity index (χ4v) is 3.76. The molecule has 0 saturated heterocycles. The maximum atomic E-state index is 12.0. The third kappa shape index (κ3) is 4.99. The van der Waals surface area contributed by atoms with Gasteiger partial charge in [0.15, 0.2) is 5.16 Å². The largest absolute Gasteiger partial charge is 0.335 e. The number of halogens is 1. The van der Waals surface area contributed by atoms with Crippen molar-refractivity contribution in [3.63, 3.8) is 0 Å². The number of hydrogen-bond donors (Lipinski definition) is 2. The van der Waals surface area contributed by atoms with Crippen molar-refractivity contribution in [1.82, 2.24) is 20.2 Å². The predicted octanol–water partition coefficient (Wildman–Crippen LogP) is 3.39. The summed E-state index contributed by atoms with van der Waals surface area (Å²) >= 11 is 7.28. The minimum absolute atomic E-state index is 0.107. The minimum atomic E-state index is -0.421. The third-order valence-corrected chi connectivity index (χ3v) is 5.17. The van der Waals surface area contributed by atoms with Crippen LogP contribution in [0.3, 0.4) is 0 Å². The standard InChI is InChI=1S/C17H19ClN4O2S/c18-12-4-3-7-14(10-12)22-9-8-19-17(22)25-11-15(23)21-16(24)20-13-5-1-2-6-13/h3-4,7-10,13H,1-2,5-6,11H2,(H2,20,21,23,24). The van der Waals surface area contributed by atoms with Crippen LogP contribution in [0.2, 0.25) is 5.02 Å². The number of imide groups is 1. The molecule has 0 spiro atoms. The summed E-state index contributed by atoms with van der Waals surface area (Å²) in [6.07, 6.45) is 7.68. The lowest BCUT2D eigenvalue weighted by atomic mass is 10.2. The summed E-state index contributed by atoms with van der Waals surface area (Å²) in [6, 6.07) is 7.14. The van der Waals surface area contributed by atoms with E-state index in [1.807, 2.05) is 22.8 Å². The lowest BCUT2D eigenvalue weighted by molar-refractivity contribution is -0.117. The van der Waals surface area contributed by atoms with Gasteiger partial charge in [-0.25, -0.2) is 9.78 Å². The molecule has 2 N–H and O–H groups in total. The second-order valence-corrected chi connectivity index (χ2v) is 7.23. The number of nitrogens with one attached hydrogen (secondary N) is 2. The molecule has 1 aromatic heterocycles. The number of imidazole rings is 1. The van der Waals surface area contributed by atoms with Gasteiger partial charge in [0.2, 0.25) is 5.91 Å². The fraction of sp³-hybridized carbons (Fsp3) is 0.353. The van der Waals surface area contributed by atoms with Gasteiger partial charge in [-0.15, -0.1) is 0 Å². The van der Waals surface area contributed by atoms with Crippen molar-refractivity contribution >= 4 is 35.3 Å². The van der Waals surface area contributed by atoms with Crippen molar-refractivity contribution in [3.8, 4) is 5.69 Å². The molecule has 2 aromatic rings. The molecule has 1 heterocycles. The van der Waals surface area contributed by atoms with Crippen LogP contribution in [0, 0.1) is 0 Å². The molecule has 0 radical (unpaired) electrons. The highest BCUT2D eigenvalue weighted by Crippen LogP contribution is 2.22. The van der Waals surface area contributed by atoms with Gasteiger partial charge in [-0.2, -0.15) is 0 Å². The molecule has 132 valence electrons. The molecule has 1 aliphatic rings. The molecule has 0 atom stereocenters. The van der Waals surface area contributed by atoms with E-state index in [-0.39, 0.29) is 17.7 Å². The van der Waals surface area contributed by atoms with Crippen LogP contribution in [0.1, 0.15) is 25.7 Å². The Balaban J connectivity index is 1.52. The van der Waals surface area contributed by atoms with Crippen molar-refractivity contribution < 1.29 is 9.59 Å². The number of nitrogens with zero attached hydrogens (tertiary/aromatic N) is 2. The van der Waals surface area contributed by atoms with Gasteiger partial charge >= 0.3 is 6.03 Å². The van der Waals surface area contributed by atoms with Crippen LogP contribution < -0.4 is 10.6 Å². The van der Waals surface area contributed by atoms with Gasteiger partial charge in [0.05, 0.1) is 5.75 Å². The summed E-state index contributed by atoms with van der Waals surface area (Å²) in [5.74, 6) is -0.239. The molecule has 0 bridgehead atoms. The summed E-state index contributed by atoms with van der Waals surface area (Å²) < 4.78 is 1.85. The van der Waals surface area contributed by atoms with Crippen molar-refractivity contribution in [2.24, 2.45) is 0 Å². The van der Waals surface area contributed by atoms with E-state index in [1.54, 1.807) is 18.5 Å². The average Bonchev–Trinajstić information content (AvgIpc) is 3.24. The third-order valence-electron chi connectivity index (χ3n) is 3.97. The van der Waals surface area contributed by atoms with Crippen LogP contribution in [-0.4, -0.2) is 33.3 Å². The number of carbonyl (C=O) groups is 2.